The Bertz CT molecular complexity index is 566. The largest absolute Gasteiger partial charge is 0.393 e. The van der Waals surface area contributed by atoms with Crippen molar-refractivity contribution in [2.24, 2.45) is 0 Å². The summed E-state index contributed by atoms with van der Waals surface area (Å²) in [6.07, 6.45) is 2.49. The van der Waals surface area contributed by atoms with Crippen molar-refractivity contribution in [2.45, 2.75) is 42.7 Å². The van der Waals surface area contributed by atoms with Crippen LogP contribution >= 0.6 is 0 Å². The second kappa shape index (κ2) is 7.02. The highest BCUT2D eigenvalue weighted by molar-refractivity contribution is 7.89. The van der Waals surface area contributed by atoms with Gasteiger partial charge in [0.1, 0.15) is 0 Å². The van der Waals surface area contributed by atoms with E-state index in [9.17, 15) is 18.3 Å². The van der Waals surface area contributed by atoms with Gasteiger partial charge >= 0.3 is 0 Å². The zero-order valence-corrected chi connectivity index (χ0v) is 12.5. The number of hydrogen-bond donors (Lipinski definition) is 3. The van der Waals surface area contributed by atoms with Crippen LogP contribution in [-0.2, 0) is 14.8 Å². The molecule has 2 rings (SSSR count). The Morgan fingerprint density at radius 1 is 1.14 bits per heavy atom. The van der Waals surface area contributed by atoms with Gasteiger partial charge in [-0.15, -0.1) is 0 Å². The van der Waals surface area contributed by atoms with Crippen molar-refractivity contribution in [3.8, 4) is 0 Å². The van der Waals surface area contributed by atoms with E-state index in [0.717, 1.165) is 12.8 Å². The lowest BCUT2D eigenvalue weighted by Gasteiger charge is -2.26. The van der Waals surface area contributed by atoms with E-state index < -0.39 is 10.0 Å². The lowest BCUT2D eigenvalue weighted by Crippen LogP contribution is -2.43. The first kappa shape index (κ1) is 15.9. The lowest BCUT2D eigenvalue weighted by molar-refractivity contribution is -0.121. The van der Waals surface area contributed by atoms with Crippen molar-refractivity contribution in [3.05, 3.63) is 30.3 Å². The van der Waals surface area contributed by atoms with E-state index in [2.05, 4.69) is 10.0 Å². The summed E-state index contributed by atoms with van der Waals surface area (Å²) in [5.41, 5.74) is 0. The molecule has 0 atom stereocenters. The molecule has 7 heteroatoms. The Morgan fingerprint density at radius 2 is 1.76 bits per heavy atom. The minimum Gasteiger partial charge on any atom is -0.393 e. The smallest absolute Gasteiger partial charge is 0.241 e. The topological polar surface area (TPSA) is 95.5 Å². The van der Waals surface area contributed by atoms with Gasteiger partial charge in [0.05, 0.1) is 17.5 Å². The Balaban J connectivity index is 1.81. The summed E-state index contributed by atoms with van der Waals surface area (Å²) in [5, 5.41) is 12.2. The Labute approximate surface area is 124 Å². The summed E-state index contributed by atoms with van der Waals surface area (Å²) in [6, 6.07) is 7.95. The predicted octanol–water partition coefficient (Wildman–Crippen LogP) is 0.385. The number of aliphatic hydroxyl groups excluding tert-OH is 1. The third kappa shape index (κ3) is 4.80. The molecule has 1 amide bonds. The van der Waals surface area contributed by atoms with Crippen molar-refractivity contribution in [3.63, 3.8) is 0 Å². The van der Waals surface area contributed by atoms with Gasteiger partial charge in [0.15, 0.2) is 0 Å². The Morgan fingerprint density at radius 3 is 2.38 bits per heavy atom. The van der Waals surface area contributed by atoms with Gasteiger partial charge in [-0.2, -0.15) is 0 Å². The van der Waals surface area contributed by atoms with Gasteiger partial charge in [0.2, 0.25) is 15.9 Å². The van der Waals surface area contributed by atoms with Gasteiger partial charge in [-0.25, -0.2) is 13.1 Å². The zero-order chi connectivity index (χ0) is 15.3. The lowest BCUT2D eigenvalue weighted by atomic mass is 9.93. The van der Waals surface area contributed by atoms with Crippen LogP contribution in [0.3, 0.4) is 0 Å². The first-order chi connectivity index (χ1) is 9.97. The van der Waals surface area contributed by atoms with Crippen LogP contribution in [0, 0.1) is 0 Å². The third-order valence-corrected chi connectivity index (χ3v) is 4.96. The molecule has 1 fully saturated rings. The van der Waals surface area contributed by atoms with Crippen LogP contribution in [0.4, 0.5) is 0 Å². The minimum absolute atomic E-state index is 0.0159. The summed E-state index contributed by atoms with van der Waals surface area (Å²) in [5.74, 6) is -0.351. The van der Waals surface area contributed by atoms with Crippen molar-refractivity contribution in [1.82, 2.24) is 10.0 Å². The molecule has 1 aliphatic rings. The summed E-state index contributed by atoms with van der Waals surface area (Å²) in [4.78, 5) is 11.9. The van der Waals surface area contributed by atoms with Crippen LogP contribution in [-0.4, -0.2) is 38.1 Å². The average molecular weight is 312 g/mol. The molecule has 6 nitrogen and oxygen atoms in total. The second-order valence-corrected chi connectivity index (χ2v) is 6.98. The number of amides is 1. The summed E-state index contributed by atoms with van der Waals surface area (Å²) in [7, 11) is -3.66. The number of nitrogens with one attached hydrogen (secondary N) is 2. The number of aliphatic hydroxyl groups is 1. The van der Waals surface area contributed by atoms with Crippen LogP contribution in [0.15, 0.2) is 35.2 Å². The van der Waals surface area contributed by atoms with E-state index in [1.165, 1.54) is 12.1 Å². The summed E-state index contributed by atoms with van der Waals surface area (Å²) < 4.78 is 26.2. The van der Waals surface area contributed by atoms with Crippen LogP contribution in [0.1, 0.15) is 25.7 Å². The van der Waals surface area contributed by atoms with Crippen LogP contribution < -0.4 is 10.0 Å². The van der Waals surface area contributed by atoms with E-state index in [0.29, 0.717) is 12.8 Å². The van der Waals surface area contributed by atoms with Gasteiger partial charge in [-0.1, -0.05) is 18.2 Å². The molecule has 1 aromatic carbocycles. The first-order valence-corrected chi connectivity index (χ1v) is 8.48. The third-order valence-electron chi connectivity index (χ3n) is 3.54. The minimum atomic E-state index is -3.66. The molecule has 0 aliphatic heterocycles. The molecule has 0 unspecified atom stereocenters. The Hall–Kier alpha value is -1.44. The van der Waals surface area contributed by atoms with Gasteiger partial charge in [-0.05, 0) is 37.8 Å². The molecule has 1 aromatic rings. The number of carbonyl (C=O) groups excluding carboxylic acids is 1. The van der Waals surface area contributed by atoms with Crippen molar-refractivity contribution >= 4 is 15.9 Å². The maximum absolute atomic E-state index is 11.9. The van der Waals surface area contributed by atoms with E-state index in [-0.39, 0.29) is 29.5 Å². The average Bonchev–Trinajstić information content (AvgIpc) is 2.49. The van der Waals surface area contributed by atoms with Crippen LogP contribution in [0.5, 0.6) is 0 Å². The SMILES string of the molecule is O=C(CNS(=O)(=O)c1ccccc1)NC1CCC(O)CC1. The predicted molar refractivity (Wildman–Crippen MR) is 78.0 cm³/mol. The molecule has 0 heterocycles. The zero-order valence-electron chi connectivity index (χ0n) is 11.7. The first-order valence-electron chi connectivity index (χ1n) is 6.99. The maximum atomic E-state index is 11.9. The van der Waals surface area contributed by atoms with Crippen molar-refractivity contribution < 1.29 is 18.3 Å². The maximum Gasteiger partial charge on any atom is 0.241 e. The quantitative estimate of drug-likeness (QED) is 0.732. The molecule has 116 valence electrons. The molecular formula is C14H20N2O4S. The van der Waals surface area contributed by atoms with Crippen molar-refractivity contribution in [1.29, 1.82) is 0 Å². The molecule has 0 spiro atoms. The second-order valence-electron chi connectivity index (χ2n) is 5.21. The number of benzene rings is 1. The fraction of sp³-hybridized carbons (Fsp3) is 0.500. The normalized spacial score (nSPS) is 22.7. The number of hydrogen-bond acceptors (Lipinski definition) is 4. The van der Waals surface area contributed by atoms with E-state index in [1.807, 2.05) is 0 Å². The van der Waals surface area contributed by atoms with E-state index in [1.54, 1.807) is 18.2 Å². The Kier molecular flexibility index (Phi) is 5.33. The number of carbonyl (C=O) groups is 1. The molecular weight excluding hydrogens is 292 g/mol. The summed E-state index contributed by atoms with van der Waals surface area (Å²) >= 11 is 0. The molecule has 0 radical (unpaired) electrons. The molecule has 0 saturated heterocycles. The summed E-state index contributed by atoms with van der Waals surface area (Å²) in [6.45, 7) is -0.281. The van der Waals surface area contributed by atoms with Gasteiger partial charge in [0.25, 0.3) is 0 Å². The molecule has 21 heavy (non-hydrogen) atoms. The van der Waals surface area contributed by atoms with Crippen LogP contribution in [0.2, 0.25) is 0 Å². The molecule has 3 N–H and O–H groups in total. The fourth-order valence-corrected chi connectivity index (χ4v) is 3.35. The van der Waals surface area contributed by atoms with Gasteiger partial charge < -0.3 is 10.4 Å². The highest BCUT2D eigenvalue weighted by atomic mass is 32.2. The highest BCUT2D eigenvalue weighted by Gasteiger charge is 2.21. The molecule has 0 bridgehead atoms. The highest BCUT2D eigenvalue weighted by Crippen LogP contribution is 2.18. The number of rotatable bonds is 5. The number of sulfonamides is 1. The van der Waals surface area contributed by atoms with Crippen molar-refractivity contribution in [2.75, 3.05) is 6.54 Å². The van der Waals surface area contributed by atoms with E-state index in [4.69, 9.17) is 0 Å². The molecule has 1 saturated carbocycles. The molecule has 0 aromatic heterocycles. The monoisotopic (exact) mass is 312 g/mol. The van der Waals surface area contributed by atoms with Gasteiger partial charge in [0, 0.05) is 6.04 Å². The van der Waals surface area contributed by atoms with Gasteiger partial charge in [-0.3, -0.25) is 4.79 Å². The fourth-order valence-electron chi connectivity index (χ4n) is 2.34. The molecule has 1 aliphatic carbocycles. The standard InChI is InChI=1S/C14H20N2O4S/c17-12-8-6-11(7-9-12)16-14(18)10-15-21(19,20)13-4-2-1-3-5-13/h1-5,11-12,15,17H,6-10H2,(H,16,18). The van der Waals surface area contributed by atoms with E-state index >= 15 is 0 Å². The van der Waals surface area contributed by atoms with Crippen LogP contribution in [0.25, 0.3) is 0 Å².